The molecular formula is C39H76NO5P. The Hall–Kier alpha value is -1.00. The number of hydrogen-bond donors (Lipinski definition) is 2. The lowest BCUT2D eigenvalue weighted by Gasteiger charge is -2.35. The fourth-order valence-electron chi connectivity index (χ4n) is 6.34. The summed E-state index contributed by atoms with van der Waals surface area (Å²) >= 11 is 0. The smallest absolute Gasteiger partial charge is 0.336 e. The molecule has 0 aromatic heterocycles. The Balaban J connectivity index is 4.14. The van der Waals surface area contributed by atoms with Gasteiger partial charge in [-0.25, -0.2) is 4.79 Å². The van der Waals surface area contributed by atoms with Crippen LogP contribution in [0.1, 0.15) is 219 Å². The van der Waals surface area contributed by atoms with E-state index in [1.165, 1.54) is 141 Å². The number of aliphatic hydroxyl groups excluding tert-OH is 1. The van der Waals surface area contributed by atoms with E-state index in [1.54, 1.807) is 0 Å². The lowest BCUT2D eigenvalue weighted by Crippen LogP contribution is -2.57. The van der Waals surface area contributed by atoms with Gasteiger partial charge in [-0.1, -0.05) is 203 Å². The molecule has 0 spiro atoms. The van der Waals surface area contributed by atoms with Crippen molar-refractivity contribution in [3.8, 4) is 0 Å². The molecule has 0 aromatic rings. The second kappa shape index (κ2) is 32.5. The van der Waals surface area contributed by atoms with Crippen LogP contribution in [0, 0.1) is 0 Å². The van der Waals surface area contributed by atoms with E-state index in [9.17, 15) is 24.6 Å². The molecule has 2 atom stereocenters. The highest BCUT2D eigenvalue weighted by Gasteiger charge is 2.45. The lowest BCUT2D eigenvalue weighted by atomic mass is 10.0. The number of hydrogen-bond acceptors (Lipinski definition) is 4. The summed E-state index contributed by atoms with van der Waals surface area (Å²) in [6.07, 6.45) is 37.0. The second-order valence-electron chi connectivity index (χ2n) is 13.9. The molecule has 0 aromatic carbocycles. The van der Waals surface area contributed by atoms with Gasteiger partial charge >= 0.3 is 5.97 Å². The SMILES string of the molecule is CCCCCCCCCCCCCCCCCC(=O)N(C(=O)CCCCCCCCCCCCCCCCC)C(P)(CO)C(=O)O. The monoisotopic (exact) mass is 670 g/mol. The van der Waals surface area contributed by atoms with Gasteiger partial charge in [0.1, 0.15) is 0 Å². The van der Waals surface area contributed by atoms with E-state index in [0.717, 1.165) is 43.4 Å². The highest BCUT2D eigenvalue weighted by atomic mass is 31.0. The fourth-order valence-corrected chi connectivity index (χ4v) is 6.62. The van der Waals surface area contributed by atoms with E-state index in [4.69, 9.17) is 0 Å². The zero-order valence-corrected chi connectivity index (χ0v) is 31.6. The quantitative estimate of drug-likeness (QED) is 0.0517. The molecule has 6 nitrogen and oxygen atoms in total. The van der Waals surface area contributed by atoms with Crippen LogP contribution in [0.15, 0.2) is 0 Å². The summed E-state index contributed by atoms with van der Waals surface area (Å²) in [5.74, 6) is -2.37. The molecule has 0 radical (unpaired) electrons. The summed E-state index contributed by atoms with van der Waals surface area (Å²) in [6, 6.07) is 0. The number of carbonyl (C=O) groups is 3. The van der Waals surface area contributed by atoms with Crippen molar-refractivity contribution in [3.63, 3.8) is 0 Å². The number of unbranched alkanes of at least 4 members (excludes halogenated alkanes) is 28. The summed E-state index contributed by atoms with van der Waals surface area (Å²) in [6.45, 7) is 3.70. The first-order valence-corrected chi connectivity index (χ1v) is 20.4. The van der Waals surface area contributed by atoms with Gasteiger partial charge in [0, 0.05) is 12.8 Å². The van der Waals surface area contributed by atoms with Crippen molar-refractivity contribution in [3.05, 3.63) is 0 Å². The first-order valence-electron chi connectivity index (χ1n) is 19.8. The van der Waals surface area contributed by atoms with Gasteiger partial charge in [-0.05, 0) is 12.8 Å². The van der Waals surface area contributed by atoms with Gasteiger partial charge in [-0.15, -0.1) is 0 Å². The van der Waals surface area contributed by atoms with Crippen LogP contribution in [0.25, 0.3) is 0 Å². The number of carbonyl (C=O) groups excluding carboxylic acids is 2. The van der Waals surface area contributed by atoms with Gasteiger partial charge < -0.3 is 10.2 Å². The molecule has 0 rings (SSSR count). The molecule has 0 aliphatic rings. The molecule has 0 heterocycles. The minimum atomic E-state index is -2.00. The van der Waals surface area contributed by atoms with E-state index in [-0.39, 0.29) is 12.8 Å². The zero-order valence-electron chi connectivity index (χ0n) is 30.5. The molecular weight excluding hydrogens is 593 g/mol. The van der Waals surface area contributed by atoms with Crippen LogP contribution in [0.3, 0.4) is 0 Å². The Kier molecular flexibility index (Phi) is 31.8. The Bertz CT molecular complexity index is 687. The molecule has 2 unspecified atom stereocenters. The molecule has 2 N–H and O–H groups in total. The van der Waals surface area contributed by atoms with Crippen LogP contribution in [-0.4, -0.2) is 44.8 Å². The lowest BCUT2D eigenvalue weighted by molar-refractivity contribution is -0.162. The minimum Gasteiger partial charge on any atom is -0.479 e. The normalized spacial score (nSPS) is 12.7. The third-order valence-corrected chi connectivity index (χ3v) is 10.2. The molecule has 272 valence electrons. The predicted molar refractivity (Wildman–Crippen MR) is 198 cm³/mol. The van der Waals surface area contributed by atoms with E-state index < -0.39 is 29.7 Å². The second-order valence-corrected chi connectivity index (χ2v) is 14.9. The summed E-state index contributed by atoms with van der Waals surface area (Å²) in [5, 5.41) is 17.7. The van der Waals surface area contributed by atoms with Crippen LogP contribution >= 0.6 is 9.24 Å². The molecule has 0 fully saturated rings. The van der Waals surface area contributed by atoms with Gasteiger partial charge in [0.2, 0.25) is 11.8 Å². The Morgan fingerprint density at radius 2 is 0.674 bits per heavy atom. The number of rotatable bonds is 35. The third-order valence-electron chi connectivity index (χ3n) is 9.50. The molecule has 0 bridgehead atoms. The zero-order chi connectivity index (χ0) is 34.1. The van der Waals surface area contributed by atoms with Crippen molar-refractivity contribution >= 4 is 27.0 Å². The van der Waals surface area contributed by atoms with E-state index in [0.29, 0.717) is 12.8 Å². The predicted octanol–water partition coefficient (Wildman–Crippen LogP) is 11.5. The fraction of sp³-hybridized carbons (Fsp3) is 0.923. The maximum atomic E-state index is 13.1. The van der Waals surface area contributed by atoms with Crippen LogP contribution < -0.4 is 0 Å². The highest BCUT2D eigenvalue weighted by molar-refractivity contribution is 7.21. The summed E-state index contributed by atoms with van der Waals surface area (Å²) in [5.41, 5.74) is 0. The van der Waals surface area contributed by atoms with Crippen LogP contribution in [-0.2, 0) is 14.4 Å². The largest absolute Gasteiger partial charge is 0.479 e. The Morgan fingerprint density at radius 3 is 0.870 bits per heavy atom. The van der Waals surface area contributed by atoms with Crippen molar-refractivity contribution in [2.24, 2.45) is 0 Å². The number of carboxylic acids is 1. The number of imide groups is 1. The van der Waals surface area contributed by atoms with Gasteiger partial charge in [0.05, 0.1) is 6.61 Å². The summed E-state index contributed by atoms with van der Waals surface area (Å²) < 4.78 is 0. The van der Waals surface area contributed by atoms with Gasteiger partial charge in [-0.2, -0.15) is 0 Å². The maximum Gasteiger partial charge on any atom is 0.336 e. The number of amides is 2. The van der Waals surface area contributed by atoms with Crippen LogP contribution in [0.5, 0.6) is 0 Å². The van der Waals surface area contributed by atoms with Crippen molar-refractivity contribution < 1.29 is 24.6 Å². The third kappa shape index (κ3) is 24.2. The standard InChI is InChI=1S/C39H76NO5P/c1-3-5-7-9-11-13-15-17-19-21-23-25-27-29-31-33-36(42)40(39(46,35-41)38(44)45)37(43)34-32-30-28-26-24-22-20-18-16-14-12-10-8-6-4-2/h41H,3-35,46H2,1-2H3,(H,44,45). The van der Waals surface area contributed by atoms with E-state index in [1.807, 2.05) is 0 Å². The maximum absolute atomic E-state index is 13.1. The topological polar surface area (TPSA) is 94.9 Å². The van der Waals surface area contributed by atoms with Gasteiger partial charge in [0.15, 0.2) is 5.28 Å². The average Bonchev–Trinajstić information content (AvgIpc) is 3.04. The summed E-state index contributed by atoms with van der Waals surface area (Å²) in [4.78, 5) is 39.0. The average molecular weight is 670 g/mol. The van der Waals surface area contributed by atoms with Crippen LogP contribution in [0.2, 0.25) is 0 Å². The minimum absolute atomic E-state index is 0.131. The molecule has 0 aliphatic heterocycles. The molecule has 46 heavy (non-hydrogen) atoms. The van der Waals surface area contributed by atoms with E-state index >= 15 is 0 Å². The van der Waals surface area contributed by atoms with Gasteiger partial charge in [-0.3, -0.25) is 14.5 Å². The van der Waals surface area contributed by atoms with E-state index in [2.05, 4.69) is 23.1 Å². The van der Waals surface area contributed by atoms with Crippen molar-refractivity contribution in [1.29, 1.82) is 0 Å². The first-order chi connectivity index (χ1) is 22.3. The molecule has 0 aliphatic carbocycles. The number of carboxylic acid groups (broad SMARTS) is 1. The number of nitrogens with zero attached hydrogens (tertiary/aromatic N) is 1. The number of aliphatic hydroxyl groups is 1. The van der Waals surface area contributed by atoms with Crippen molar-refractivity contribution in [2.75, 3.05) is 6.61 Å². The first kappa shape index (κ1) is 45.0. The Morgan fingerprint density at radius 1 is 0.457 bits per heavy atom. The molecule has 7 heteroatoms. The van der Waals surface area contributed by atoms with Crippen LogP contribution in [0.4, 0.5) is 0 Å². The molecule has 0 saturated heterocycles. The highest BCUT2D eigenvalue weighted by Crippen LogP contribution is 2.27. The molecule has 2 amide bonds. The number of aliphatic carboxylic acids is 1. The Labute approximate surface area is 287 Å². The van der Waals surface area contributed by atoms with Gasteiger partial charge in [0.25, 0.3) is 0 Å². The molecule has 0 saturated carbocycles. The van der Waals surface area contributed by atoms with Crippen molar-refractivity contribution in [2.45, 2.75) is 225 Å². The van der Waals surface area contributed by atoms with Crippen molar-refractivity contribution in [1.82, 2.24) is 4.90 Å². The summed E-state index contributed by atoms with van der Waals surface area (Å²) in [7, 11) is 2.06.